The summed E-state index contributed by atoms with van der Waals surface area (Å²) in [5, 5.41) is 13.5. The first-order valence-corrected chi connectivity index (χ1v) is 8.06. The summed E-state index contributed by atoms with van der Waals surface area (Å²) < 4.78 is 5.21. The standard InChI is InChI=1S/C17H18N2OS/c1-20-17-5-2-13(8-15(17)9-18)10-19(16-3-4-16)11-14-6-7-21-12-14/h2,5-8,12,16H,3-4,10-11H2,1H3. The van der Waals surface area contributed by atoms with Crippen molar-refractivity contribution < 1.29 is 4.74 Å². The van der Waals surface area contributed by atoms with Gasteiger partial charge in [-0.1, -0.05) is 6.07 Å². The Morgan fingerprint density at radius 2 is 2.10 bits per heavy atom. The lowest BCUT2D eigenvalue weighted by atomic mass is 10.1. The Balaban J connectivity index is 1.75. The molecule has 0 unspecified atom stereocenters. The number of thiophene rings is 1. The molecule has 1 aliphatic carbocycles. The van der Waals surface area contributed by atoms with E-state index < -0.39 is 0 Å². The molecule has 1 aromatic heterocycles. The minimum absolute atomic E-state index is 0.612. The van der Waals surface area contributed by atoms with Crippen LogP contribution in [0.25, 0.3) is 0 Å². The zero-order chi connectivity index (χ0) is 14.7. The molecule has 1 fully saturated rings. The van der Waals surface area contributed by atoms with Gasteiger partial charge in [-0.15, -0.1) is 0 Å². The van der Waals surface area contributed by atoms with E-state index in [1.165, 1.54) is 24.0 Å². The zero-order valence-electron chi connectivity index (χ0n) is 12.1. The molecule has 21 heavy (non-hydrogen) atoms. The highest BCUT2D eigenvalue weighted by atomic mass is 32.1. The van der Waals surface area contributed by atoms with Crippen LogP contribution in [0, 0.1) is 11.3 Å². The van der Waals surface area contributed by atoms with Crippen molar-refractivity contribution in [3.05, 3.63) is 51.7 Å². The Morgan fingerprint density at radius 3 is 2.71 bits per heavy atom. The van der Waals surface area contributed by atoms with Crippen molar-refractivity contribution in [3.63, 3.8) is 0 Å². The minimum Gasteiger partial charge on any atom is -0.495 e. The third-order valence-electron chi connectivity index (χ3n) is 3.80. The second-order valence-corrected chi connectivity index (χ2v) is 6.19. The van der Waals surface area contributed by atoms with Gasteiger partial charge in [0.1, 0.15) is 11.8 Å². The predicted octanol–water partition coefficient (Wildman–Crippen LogP) is 3.79. The number of rotatable bonds is 6. The molecule has 108 valence electrons. The van der Waals surface area contributed by atoms with Crippen molar-refractivity contribution in [2.75, 3.05) is 7.11 Å². The van der Waals surface area contributed by atoms with Crippen molar-refractivity contribution >= 4 is 11.3 Å². The van der Waals surface area contributed by atoms with Gasteiger partial charge in [-0.3, -0.25) is 4.90 Å². The van der Waals surface area contributed by atoms with Crippen LogP contribution in [-0.4, -0.2) is 18.1 Å². The van der Waals surface area contributed by atoms with Crippen LogP contribution in [0.2, 0.25) is 0 Å². The average molecular weight is 298 g/mol. The maximum Gasteiger partial charge on any atom is 0.136 e. The average Bonchev–Trinajstić information content (AvgIpc) is 3.24. The fourth-order valence-electron chi connectivity index (χ4n) is 2.55. The molecule has 0 spiro atoms. The van der Waals surface area contributed by atoms with Crippen LogP contribution in [0.3, 0.4) is 0 Å². The van der Waals surface area contributed by atoms with E-state index >= 15 is 0 Å². The molecule has 0 N–H and O–H groups in total. The smallest absolute Gasteiger partial charge is 0.136 e. The molecule has 2 aromatic rings. The summed E-state index contributed by atoms with van der Waals surface area (Å²) in [6.07, 6.45) is 2.57. The van der Waals surface area contributed by atoms with Crippen molar-refractivity contribution in [2.24, 2.45) is 0 Å². The van der Waals surface area contributed by atoms with Crippen LogP contribution in [-0.2, 0) is 13.1 Å². The molecule has 0 saturated heterocycles. The number of ether oxygens (including phenoxy) is 1. The Labute approximate surface area is 129 Å². The molecule has 1 saturated carbocycles. The summed E-state index contributed by atoms with van der Waals surface area (Å²) in [7, 11) is 1.60. The van der Waals surface area contributed by atoms with Crippen molar-refractivity contribution in [3.8, 4) is 11.8 Å². The maximum atomic E-state index is 9.19. The molecule has 0 atom stereocenters. The van der Waals surface area contributed by atoms with E-state index in [1.54, 1.807) is 18.4 Å². The number of hydrogen-bond donors (Lipinski definition) is 0. The highest BCUT2D eigenvalue weighted by Gasteiger charge is 2.29. The molecule has 1 heterocycles. The quantitative estimate of drug-likeness (QED) is 0.814. The predicted molar refractivity (Wildman–Crippen MR) is 84.3 cm³/mol. The lowest BCUT2D eigenvalue weighted by molar-refractivity contribution is 0.246. The second kappa shape index (κ2) is 6.30. The van der Waals surface area contributed by atoms with E-state index in [2.05, 4.69) is 33.9 Å². The largest absolute Gasteiger partial charge is 0.495 e. The van der Waals surface area contributed by atoms with E-state index in [9.17, 15) is 5.26 Å². The number of methoxy groups -OCH3 is 1. The van der Waals surface area contributed by atoms with Crippen LogP contribution < -0.4 is 4.74 Å². The fourth-order valence-corrected chi connectivity index (χ4v) is 3.21. The van der Waals surface area contributed by atoms with E-state index in [4.69, 9.17) is 4.74 Å². The van der Waals surface area contributed by atoms with Gasteiger partial charge in [0, 0.05) is 19.1 Å². The fraction of sp³-hybridized carbons (Fsp3) is 0.353. The molecule has 4 heteroatoms. The Kier molecular flexibility index (Phi) is 4.23. The van der Waals surface area contributed by atoms with Crippen LogP contribution in [0.1, 0.15) is 29.5 Å². The topological polar surface area (TPSA) is 36.3 Å². The molecule has 0 amide bonds. The molecule has 3 rings (SSSR count). The molecular formula is C17H18N2OS. The molecule has 3 nitrogen and oxygen atoms in total. The summed E-state index contributed by atoms with van der Waals surface area (Å²) in [4.78, 5) is 2.50. The van der Waals surface area contributed by atoms with Crippen molar-refractivity contribution in [1.82, 2.24) is 4.90 Å². The summed E-state index contributed by atoms with van der Waals surface area (Å²) >= 11 is 1.74. The molecule has 0 radical (unpaired) electrons. The molecule has 1 aliphatic rings. The first-order chi connectivity index (χ1) is 10.3. The summed E-state index contributed by atoms with van der Waals surface area (Å²) in [6, 6.07) is 11.0. The van der Waals surface area contributed by atoms with E-state index in [0.717, 1.165) is 13.1 Å². The van der Waals surface area contributed by atoms with Gasteiger partial charge in [0.15, 0.2) is 0 Å². The summed E-state index contributed by atoms with van der Waals surface area (Å²) in [5.74, 6) is 0.650. The van der Waals surface area contributed by atoms with Gasteiger partial charge < -0.3 is 4.74 Å². The number of nitrogens with zero attached hydrogens (tertiary/aromatic N) is 2. The Bertz CT molecular complexity index is 641. The van der Waals surface area contributed by atoms with Crippen molar-refractivity contribution in [1.29, 1.82) is 5.26 Å². The Morgan fingerprint density at radius 1 is 1.29 bits per heavy atom. The van der Waals surface area contributed by atoms with Gasteiger partial charge in [0.05, 0.1) is 12.7 Å². The van der Waals surface area contributed by atoms with E-state index in [1.807, 2.05) is 12.1 Å². The first kappa shape index (κ1) is 14.1. The second-order valence-electron chi connectivity index (χ2n) is 5.41. The minimum atomic E-state index is 0.612. The van der Waals surface area contributed by atoms with Gasteiger partial charge in [-0.2, -0.15) is 16.6 Å². The molecule has 0 bridgehead atoms. The molecule has 0 aliphatic heterocycles. The first-order valence-electron chi connectivity index (χ1n) is 7.12. The third-order valence-corrected chi connectivity index (χ3v) is 4.53. The number of hydrogen-bond acceptors (Lipinski definition) is 4. The normalized spacial score (nSPS) is 14.1. The van der Waals surface area contributed by atoms with Gasteiger partial charge in [0.2, 0.25) is 0 Å². The number of benzene rings is 1. The van der Waals surface area contributed by atoms with Gasteiger partial charge in [-0.25, -0.2) is 0 Å². The van der Waals surface area contributed by atoms with Crippen LogP contribution in [0.4, 0.5) is 0 Å². The molecule has 1 aromatic carbocycles. The van der Waals surface area contributed by atoms with Crippen LogP contribution in [0.15, 0.2) is 35.0 Å². The van der Waals surface area contributed by atoms with Crippen LogP contribution >= 0.6 is 11.3 Å². The van der Waals surface area contributed by atoms with E-state index in [0.29, 0.717) is 17.4 Å². The SMILES string of the molecule is COc1ccc(CN(Cc2ccsc2)C2CC2)cc1C#N. The third kappa shape index (κ3) is 3.44. The van der Waals surface area contributed by atoms with Gasteiger partial charge in [0.25, 0.3) is 0 Å². The highest BCUT2D eigenvalue weighted by molar-refractivity contribution is 7.07. The lowest BCUT2D eigenvalue weighted by Crippen LogP contribution is -2.24. The monoisotopic (exact) mass is 298 g/mol. The maximum absolute atomic E-state index is 9.19. The highest BCUT2D eigenvalue weighted by Crippen LogP contribution is 2.31. The van der Waals surface area contributed by atoms with Gasteiger partial charge >= 0.3 is 0 Å². The van der Waals surface area contributed by atoms with Gasteiger partial charge in [-0.05, 0) is 52.9 Å². The lowest BCUT2D eigenvalue weighted by Gasteiger charge is -2.22. The summed E-state index contributed by atoms with van der Waals surface area (Å²) in [6.45, 7) is 1.88. The Hall–Kier alpha value is -1.83. The molecular weight excluding hydrogens is 280 g/mol. The number of nitriles is 1. The zero-order valence-corrected chi connectivity index (χ0v) is 12.9. The summed E-state index contributed by atoms with van der Waals surface area (Å²) in [5.41, 5.74) is 3.16. The van der Waals surface area contributed by atoms with E-state index in [-0.39, 0.29) is 0 Å². The van der Waals surface area contributed by atoms with Crippen molar-refractivity contribution in [2.45, 2.75) is 32.0 Å². The van der Waals surface area contributed by atoms with Crippen LogP contribution in [0.5, 0.6) is 5.75 Å².